The lowest BCUT2D eigenvalue weighted by molar-refractivity contribution is 0.295. The lowest BCUT2D eigenvalue weighted by Crippen LogP contribution is -1.98. The monoisotopic (exact) mass is 242 g/mol. The maximum absolute atomic E-state index is 5.45. The van der Waals surface area contributed by atoms with Gasteiger partial charge in [-0.2, -0.15) is 10.4 Å². The minimum absolute atomic E-state index is 0.225. The van der Waals surface area contributed by atoms with Crippen molar-refractivity contribution in [2.45, 2.75) is 6.61 Å². The van der Waals surface area contributed by atoms with Crippen molar-refractivity contribution in [3.8, 4) is 17.1 Å². The van der Waals surface area contributed by atoms with Crippen LogP contribution in [0.15, 0.2) is 24.3 Å². The maximum atomic E-state index is 5.45. The molecule has 0 atom stereocenters. The largest absolute Gasteiger partial charge is 0.488 e. The molecule has 1 aromatic carbocycles. The molecule has 90 valence electrons. The summed E-state index contributed by atoms with van der Waals surface area (Å²) in [4.78, 5) is 0. The first-order valence-corrected chi connectivity index (χ1v) is 5.01. The van der Waals surface area contributed by atoms with Gasteiger partial charge in [0.15, 0.2) is 0 Å². The van der Waals surface area contributed by atoms with Crippen LogP contribution in [0.25, 0.3) is 11.4 Å². The fraction of sp³-hybridized carbons (Fsp3) is 0.111. The van der Waals surface area contributed by atoms with Crippen LogP contribution in [-0.2, 0) is 6.61 Å². The summed E-state index contributed by atoms with van der Waals surface area (Å²) in [5.74, 6) is 1.59. The molecule has 0 spiro atoms. The van der Waals surface area contributed by atoms with Crippen LogP contribution < -0.4 is 14.9 Å². The SMILES string of the molecule is c1cc(-c2nnn[n-]2)ccc1OCc1nnn[n-]1. The van der Waals surface area contributed by atoms with E-state index in [-0.39, 0.29) is 6.61 Å². The van der Waals surface area contributed by atoms with Crippen LogP contribution in [0.1, 0.15) is 5.82 Å². The van der Waals surface area contributed by atoms with Crippen LogP contribution in [0.2, 0.25) is 0 Å². The van der Waals surface area contributed by atoms with E-state index in [4.69, 9.17) is 4.74 Å². The van der Waals surface area contributed by atoms with Crippen molar-refractivity contribution in [2.24, 2.45) is 0 Å². The Hall–Kier alpha value is -2.84. The van der Waals surface area contributed by atoms with Crippen LogP contribution in [0, 0.1) is 0 Å². The Morgan fingerprint density at radius 2 is 1.72 bits per heavy atom. The second kappa shape index (κ2) is 4.57. The number of tetrazole rings is 2. The van der Waals surface area contributed by atoms with E-state index < -0.39 is 0 Å². The van der Waals surface area contributed by atoms with Crippen LogP contribution in [0.5, 0.6) is 5.75 Å². The van der Waals surface area contributed by atoms with Crippen molar-refractivity contribution in [3.63, 3.8) is 0 Å². The molecule has 0 saturated heterocycles. The second-order valence-corrected chi connectivity index (χ2v) is 3.31. The van der Waals surface area contributed by atoms with Gasteiger partial charge >= 0.3 is 0 Å². The lowest BCUT2D eigenvalue weighted by Gasteiger charge is -2.06. The molecule has 18 heavy (non-hydrogen) atoms. The van der Waals surface area contributed by atoms with Crippen LogP contribution >= 0.6 is 0 Å². The highest BCUT2D eigenvalue weighted by Gasteiger charge is 1.97. The zero-order valence-corrected chi connectivity index (χ0v) is 9.00. The minimum Gasteiger partial charge on any atom is -0.488 e. The Morgan fingerprint density at radius 1 is 0.944 bits per heavy atom. The highest BCUT2D eigenvalue weighted by Crippen LogP contribution is 2.18. The predicted octanol–water partition coefficient (Wildman–Crippen LogP) is -0.783. The molecule has 2 aromatic heterocycles. The topological polar surface area (TPSA) is 115 Å². The Kier molecular flexibility index (Phi) is 2.62. The van der Waals surface area contributed by atoms with E-state index >= 15 is 0 Å². The van der Waals surface area contributed by atoms with E-state index in [1.807, 2.05) is 12.1 Å². The van der Waals surface area contributed by atoms with E-state index in [1.54, 1.807) is 12.1 Å². The quantitative estimate of drug-likeness (QED) is 0.580. The fourth-order valence-corrected chi connectivity index (χ4v) is 1.33. The number of aromatic nitrogens is 8. The number of benzene rings is 1. The van der Waals surface area contributed by atoms with Crippen molar-refractivity contribution in [3.05, 3.63) is 30.1 Å². The molecule has 9 nitrogen and oxygen atoms in total. The Balaban J connectivity index is 1.68. The molecular formula is C9H6N8O-2. The highest BCUT2D eigenvalue weighted by molar-refractivity contribution is 5.54. The molecule has 0 aliphatic carbocycles. The molecule has 0 bridgehead atoms. The maximum Gasteiger partial charge on any atom is 0.120 e. The van der Waals surface area contributed by atoms with E-state index in [2.05, 4.69) is 41.2 Å². The number of hydrogen-bond donors (Lipinski definition) is 0. The van der Waals surface area contributed by atoms with Gasteiger partial charge in [0.25, 0.3) is 0 Å². The number of hydrogen-bond acceptors (Lipinski definition) is 7. The zero-order valence-electron chi connectivity index (χ0n) is 9.00. The van der Waals surface area contributed by atoms with Crippen LogP contribution in [0.4, 0.5) is 0 Å². The highest BCUT2D eigenvalue weighted by atomic mass is 16.5. The normalized spacial score (nSPS) is 10.4. The average molecular weight is 242 g/mol. The molecule has 0 N–H and O–H groups in total. The van der Waals surface area contributed by atoms with Gasteiger partial charge in [0, 0.05) is 11.6 Å². The molecule has 3 rings (SSSR count). The Bertz CT molecular complexity index is 588. The summed E-state index contributed by atoms with van der Waals surface area (Å²) in [5, 5.41) is 28.4. The van der Waals surface area contributed by atoms with Gasteiger partial charge in [-0.3, -0.25) is 20.6 Å². The van der Waals surface area contributed by atoms with Crippen molar-refractivity contribution >= 4 is 0 Å². The second-order valence-electron chi connectivity index (χ2n) is 3.31. The third-order valence-electron chi connectivity index (χ3n) is 2.16. The third-order valence-corrected chi connectivity index (χ3v) is 2.16. The molecule has 0 aliphatic rings. The summed E-state index contributed by atoms with van der Waals surface area (Å²) < 4.78 is 5.45. The summed E-state index contributed by atoms with van der Waals surface area (Å²) in [6, 6.07) is 7.21. The first kappa shape index (κ1) is 10.3. The molecule has 0 aliphatic heterocycles. The number of rotatable bonds is 4. The van der Waals surface area contributed by atoms with Crippen molar-refractivity contribution in [1.29, 1.82) is 0 Å². The third kappa shape index (κ3) is 2.14. The molecule has 2 heterocycles. The summed E-state index contributed by atoms with van der Waals surface area (Å²) in [7, 11) is 0. The molecule has 3 aromatic rings. The minimum atomic E-state index is 0.225. The molecule has 0 saturated carbocycles. The summed E-state index contributed by atoms with van der Waals surface area (Å²) in [5.41, 5.74) is 0.820. The fourth-order valence-electron chi connectivity index (χ4n) is 1.33. The van der Waals surface area contributed by atoms with Gasteiger partial charge in [-0.25, -0.2) is 0 Å². The molecule has 0 fully saturated rings. The van der Waals surface area contributed by atoms with Gasteiger partial charge in [0.05, 0.1) is 0 Å². The average Bonchev–Trinajstić information content (AvgIpc) is 3.10. The Morgan fingerprint density at radius 3 is 2.39 bits per heavy atom. The van der Waals surface area contributed by atoms with E-state index in [0.717, 1.165) is 5.56 Å². The lowest BCUT2D eigenvalue weighted by atomic mass is 10.2. The van der Waals surface area contributed by atoms with Gasteiger partial charge in [-0.05, 0) is 17.7 Å². The van der Waals surface area contributed by atoms with E-state index in [1.165, 1.54) is 0 Å². The predicted molar refractivity (Wildman–Crippen MR) is 56.1 cm³/mol. The number of nitrogens with zero attached hydrogens (tertiary/aromatic N) is 8. The van der Waals surface area contributed by atoms with Crippen molar-refractivity contribution in [2.75, 3.05) is 0 Å². The van der Waals surface area contributed by atoms with Gasteiger partial charge in [0.1, 0.15) is 12.4 Å². The molecule has 0 amide bonds. The first-order chi connectivity index (χ1) is 8.92. The van der Waals surface area contributed by atoms with Crippen molar-refractivity contribution < 1.29 is 4.74 Å². The van der Waals surface area contributed by atoms with E-state index in [9.17, 15) is 0 Å². The van der Waals surface area contributed by atoms with Gasteiger partial charge in [-0.15, -0.1) is 0 Å². The van der Waals surface area contributed by atoms with E-state index in [0.29, 0.717) is 17.4 Å². The molecule has 9 heteroatoms. The first-order valence-electron chi connectivity index (χ1n) is 5.01. The standard InChI is InChI=1S/C9H6N8O/c1-3-7(18-5-8-10-14-15-11-8)4-2-6(1)9-12-16-17-13-9/h1-4H,5H2/q-2. The van der Waals surface area contributed by atoms with Crippen molar-refractivity contribution in [1.82, 2.24) is 41.2 Å². The smallest absolute Gasteiger partial charge is 0.120 e. The molecule has 0 radical (unpaired) electrons. The molecular weight excluding hydrogens is 236 g/mol. The summed E-state index contributed by atoms with van der Waals surface area (Å²) >= 11 is 0. The van der Waals surface area contributed by atoms with Gasteiger partial charge < -0.3 is 14.9 Å². The summed E-state index contributed by atoms with van der Waals surface area (Å²) in [6.07, 6.45) is 0. The Labute approximate surface area is 101 Å². The number of ether oxygens (including phenoxy) is 1. The van der Waals surface area contributed by atoms with Crippen LogP contribution in [0.3, 0.4) is 0 Å². The van der Waals surface area contributed by atoms with Crippen LogP contribution in [-0.4, -0.2) is 31.1 Å². The zero-order chi connectivity index (χ0) is 12.2. The summed E-state index contributed by atoms with van der Waals surface area (Å²) in [6.45, 7) is 0.225. The van der Waals surface area contributed by atoms with Gasteiger partial charge in [-0.1, -0.05) is 12.1 Å². The van der Waals surface area contributed by atoms with Gasteiger partial charge in [0.2, 0.25) is 0 Å². The molecule has 0 unspecified atom stereocenters.